The number of hydrogen-bond acceptors (Lipinski definition) is 3. The van der Waals surface area contributed by atoms with E-state index in [1.54, 1.807) is 0 Å². The van der Waals surface area contributed by atoms with Crippen LogP contribution in [0.1, 0.15) is 35.0 Å². The highest BCUT2D eigenvalue weighted by molar-refractivity contribution is 7.10. The molecule has 0 saturated carbocycles. The second-order valence-electron chi connectivity index (χ2n) is 5.54. The van der Waals surface area contributed by atoms with Crippen molar-refractivity contribution < 1.29 is 0 Å². The molecule has 0 amide bonds. The molecule has 108 valence electrons. The standard InChI is InChI=1S/C17H24N2S/c1-13-7-9-15(10-8-13)14(2)18-12-16(19(3)4)17-6-5-11-20-17/h5-11,14,16,18H,12H2,1-4H3. The van der Waals surface area contributed by atoms with E-state index >= 15 is 0 Å². The van der Waals surface area contributed by atoms with E-state index in [1.807, 2.05) is 11.3 Å². The van der Waals surface area contributed by atoms with Crippen LogP contribution in [0.5, 0.6) is 0 Å². The zero-order valence-corrected chi connectivity index (χ0v) is 13.6. The summed E-state index contributed by atoms with van der Waals surface area (Å²) in [7, 11) is 4.28. The van der Waals surface area contributed by atoms with Gasteiger partial charge in [0.2, 0.25) is 0 Å². The fraction of sp³-hybridized carbons (Fsp3) is 0.412. The molecule has 2 nitrogen and oxygen atoms in total. The monoisotopic (exact) mass is 288 g/mol. The van der Waals surface area contributed by atoms with Crippen molar-refractivity contribution in [2.75, 3.05) is 20.6 Å². The average Bonchev–Trinajstić information content (AvgIpc) is 2.93. The van der Waals surface area contributed by atoms with Gasteiger partial charge in [0.1, 0.15) is 0 Å². The van der Waals surface area contributed by atoms with Gasteiger partial charge in [-0.25, -0.2) is 0 Å². The Balaban J connectivity index is 1.97. The lowest BCUT2D eigenvalue weighted by molar-refractivity contribution is 0.285. The van der Waals surface area contributed by atoms with E-state index < -0.39 is 0 Å². The minimum Gasteiger partial charge on any atom is -0.308 e. The normalized spacial score (nSPS) is 14.4. The molecular weight excluding hydrogens is 264 g/mol. The topological polar surface area (TPSA) is 15.3 Å². The first kappa shape index (κ1) is 15.2. The molecule has 0 spiro atoms. The molecule has 0 aliphatic carbocycles. The molecule has 0 saturated heterocycles. The molecule has 1 N–H and O–H groups in total. The molecule has 2 aromatic rings. The quantitative estimate of drug-likeness (QED) is 0.864. The molecule has 0 aliphatic rings. The molecule has 1 aromatic carbocycles. The fourth-order valence-corrected chi connectivity index (χ4v) is 3.20. The van der Waals surface area contributed by atoms with E-state index in [0.29, 0.717) is 12.1 Å². The first-order valence-electron chi connectivity index (χ1n) is 7.07. The van der Waals surface area contributed by atoms with Gasteiger partial charge in [0.25, 0.3) is 0 Å². The van der Waals surface area contributed by atoms with Crippen molar-refractivity contribution in [2.45, 2.75) is 25.9 Å². The van der Waals surface area contributed by atoms with E-state index in [0.717, 1.165) is 6.54 Å². The largest absolute Gasteiger partial charge is 0.308 e. The molecule has 2 atom stereocenters. The van der Waals surface area contributed by atoms with Crippen molar-refractivity contribution in [3.05, 3.63) is 57.8 Å². The highest BCUT2D eigenvalue weighted by atomic mass is 32.1. The Kier molecular flexibility index (Phi) is 5.35. The third-order valence-electron chi connectivity index (χ3n) is 3.69. The SMILES string of the molecule is Cc1ccc(C(C)NCC(c2cccs2)N(C)C)cc1. The van der Waals surface area contributed by atoms with Crippen LogP contribution in [0.2, 0.25) is 0 Å². The number of likely N-dealkylation sites (N-methyl/N-ethyl adjacent to an activating group) is 1. The Morgan fingerprint density at radius 3 is 2.40 bits per heavy atom. The van der Waals surface area contributed by atoms with Crippen molar-refractivity contribution in [2.24, 2.45) is 0 Å². The molecule has 0 fully saturated rings. The molecule has 1 aromatic heterocycles. The van der Waals surface area contributed by atoms with Crippen LogP contribution in [0.4, 0.5) is 0 Å². The molecule has 0 radical (unpaired) electrons. The van der Waals surface area contributed by atoms with Crippen molar-refractivity contribution >= 4 is 11.3 Å². The number of benzene rings is 1. The highest BCUT2D eigenvalue weighted by Crippen LogP contribution is 2.23. The van der Waals surface area contributed by atoms with Crippen LogP contribution in [0.15, 0.2) is 41.8 Å². The number of rotatable bonds is 6. The summed E-state index contributed by atoms with van der Waals surface area (Å²) >= 11 is 1.83. The summed E-state index contributed by atoms with van der Waals surface area (Å²) in [5.74, 6) is 0. The van der Waals surface area contributed by atoms with Gasteiger partial charge in [-0.1, -0.05) is 35.9 Å². The van der Waals surface area contributed by atoms with Gasteiger partial charge in [0, 0.05) is 17.5 Å². The van der Waals surface area contributed by atoms with Crippen LogP contribution >= 0.6 is 11.3 Å². The molecular formula is C17H24N2S. The Labute approximate surface area is 126 Å². The lowest BCUT2D eigenvalue weighted by Crippen LogP contribution is -2.32. The summed E-state index contributed by atoms with van der Waals surface area (Å²) in [6.45, 7) is 5.31. The maximum atomic E-state index is 3.65. The van der Waals surface area contributed by atoms with Gasteiger partial charge in [-0.15, -0.1) is 11.3 Å². The van der Waals surface area contributed by atoms with Crippen LogP contribution < -0.4 is 5.32 Å². The predicted molar refractivity (Wildman–Crippen MR) is 88.3 cm³/mol. The zero-order valence-electron chi connectivity index (χ0n) is 12.8. The predicted octanol–water partition coefficient (Wildman–Crippen LogP) is 4.01. The third-order valence-corrected chi connectivity index (χ3v) is 4.66. The zero-order chi connectivity index (χ0) is 14.5. The number of hydrogen-bond donors (Lipinski definition) is 1. The molecule has 0 bridgehead atoms. The first-order valence-corrected chi connectivity index (χ1v) is 7.95. The minimum absolute atomic E-state index is 0.373. The van der Waals surface area contributed by atoms with E-state index in [1.165, 1.54) is 16.0 Å². The number of aryl methyl sites for hydroxylation is 1. The molecule has 2 rings (SSSR count). The van der Waals surface area contributed by atoms with E-state index in [-0.39, 0.29) is 0 Å². The maximum absolute atomic E-state index is 3.65. The molecule has 3 heteroatoms. The van der Waals surface area contributed by atoms with Crippen LogP contribution in [0.3, 0.4) is 0 Å². The number of nitrogens with one attached hydrogen (secondary N) is 1. The van der Waals surface area contributed by atoms with Crippen molar-refractivity contribution in [1.29, 1.82) is 0 Å². The van der Waals surface area contributed by atoms with E-state index in [2.05, 4.69) is 79.9 Å². The molecule has 2 unspecified atom stereocenters. The third kappa shape index (κ3) is 3.92. The van der Waals surface area contributed by atoms with Crippen LogP contribution in [0.25, 0.3) is 0 Å². The van der Waals surface area contributed by atoms with Gasteiger partial charge < -0.3 is 10.2 Å². The van der Waals surface area contributed by atoms with Crippen LogP contribution in [0, 0.1) is 6.92 Å². The smallest absolute Gasteiger partial charge is 0.0561 e. The lowest BCUT2D eigenvalue weighted by atomic mass is 10.1. The van der Waals surface area contributed by atoms with Crippen LogP contribution in [-0.2, 0) is 0 Å². The first-order chi connectivity index (χ1) is 9.58. The second-order valence-corrected chi connectivity index (χ2v) is 6.51. The summed E-state index contributed by atoms with van der Waals surface area (Å²) in [6, 6.07) is 13.9. The van der Waals surface area contributed by atoms with E-state index in [9.17, 15) is 0 Å². The van der Waals surface area contributed by atoms with Gasteiger partial charge in [0.05, 0.1) is 6.04 Å². The summed E-state index contributed by atoms with van der Waals surface area (Å²) in [5, 5.41) is 5.80. The summed E-state index contributed by atoms with van der Waals surface area (Å²) in [4.78, 5) is 3.69. The Hall–Kier alpha value is -1.16. The molecule has 20 heavy (non-hydrogen) atoms. The van der Waals surface area contributed by atoms with Gasteiger partial charge >= 0.3 is 0 Å². The van der Waals surface area contributed by atoms with Crippen LogP contribution in [-0.4, -0.2) is 25.5 Å². The minimum atomic E-state index is 0.373. The second kappa shape index (κ2) is 7.02. The Morgan fingerprint density at radius 1 is 1.15 bits per heavy atom. The lowest BCUT2D eigenvalue weighted by Gasteiger charge is -2.26. The summed E-state index contributed by atoms with van der Waals surface area (Å²) < 4.78 is 0. The van der Waals surface area contributed by atoms with Crippen molar-refractivity contribution in [1.82, 2.24) is 10.2 Å². The Morgan fingerprint density at radius 2 is 1.85 bits per heavy atom. The summed E-state index contributed by atoms with van der Waals surface area (Å²) in [5.41, 5.74) is 2.66. The fourth-order valence-electron chi connectivity index (χ4n) is 2.28. The number of nitrogens with zero attached hydrogens (tertiary/aromatic N) is 1. The van der Waals surface area contributed by atoms with Crippen molar-refractivity contribution in [3.8, 4) is 0 Å². The van der Waals surface area contributed by atoms with Gasteiger partial charge in [-0.2, -0.15) is 0 Å². The summed E-state index contributed by atoms with van der Waals surface area (Å²) in [6.07, 6.45) is 0. The average molecular weight is 288 g/mol. The van der Waals surface area contributed by atoms with Crippen molar-refractivity contribution in [3.63, 3.8) is 0 Å². The van der Waals surface area contributed by atoms with Gasteiger partial charge in [-0.05, 0) is 45.0 Å². The Bertz CT molecular complexity index is 502. The molecule has 1 heterocycles. The van der Waals surface area contributed by atoms with Gasteiger partial charge in [-0.3, -0.25) is 0 Å². The molecule has 0 aliphatic heterocycles. The maximum Gasteiger partial charge on any atom is 0.0561 e. The highest BCUT2D eigenvalue weighted by Gasteiger charge is 2.16. The van der Waals surface area contributed by atoms with Gasteiger partial charge in [0.15, 0.2) is 0 Å². The number of thiophene rings is 1. The van der Waals surface area contributed by atoms with E-state index in [4.69, 9.17) is 0 Å².